The van der Waals surface area contributed by atoms with Gasteiger partial charge in [0.15, 0.2) is 5.65 Å². The average Bonchev–Trinajstić information content (AvgIpc) is 3.88. The number of ether oxygens (including phenoxy) is 1. The van der Waals surface area contributed by atoms with Crippen LogP contribution in [0.3, 0.4) is 0 Å². The molecule has 4 saturated heterocycles. The lowest BCUT2D eigenvalue weighted by molar-refractivity contribution is -0.112. The number of aromatic nitrogens is 4. The van der Waals surface area contributed by atoms with Crippen molar-refractivity contribution >= 4 is 41.0 Å². The van der Waals surface area contributed by atoms with Crippen molar-refractivity contribution in [3.8, 4) is 22.8 Å². The first kappa shape index (κ1) is 43.2. The Morgan fingerprint density at radius 1 is 0.738 bits per heavy atom. The van der Waals surface area contributed by atoms with Gasteiger partial charge in [0, 0.05) is 81.5 Å². The van der Waals surface area contributed by atoms with Crippen molar-refractivity contribution in [2.45, 2.75) is 70.0 Å². The van der Waals surface area contributed by atoms with E-state index in [9.17, 15) is 14.4 Å². The Morgan fingerprint density at radius 3 is 2.02 bits per heavy atom. The minimum absolute atomic E-state index is 0.110. The first-order chi connectivity index (χ1) is 31.9. The van der Waals surface area contributed by atoms with Crippen LogP contribution in [-0.2, 0) is 16.1 Å². The molecule has 340 valence electrons. The summed E-state index contributed by atoms with van der Waals surface area (Å²) in [6, 6.07) is 23.6. The Hall–Kier alpha value is -5.70. The van der Waals surface area contributed by atoms with Crippen LogP contribution >= 0.6 is 0 Å². The summed E-state index contributed by atoms with van der Waals surface area (Å²) in [6.45, 7) is 13.0. The fraction of sp³-hybridized carbons (Fsp3) is 0.490. The number of piperidine rings is 3. The van der Waals surface area contributed by atoms with Gasteiger partial charge in [0.2, 0.25) is 0 Å². The van der Waals surface area contributed by atoms with Gasteiger partial charge in [-0.2, -0.15) is 5.10 Å². The number of carbonyl (C=O) groups is 3. The van der Waals surface area contributed by atoms with Crippen LogP contribution in [0.2, 0.25) is 0 Å². The minimum atomic E-state index is -0.552. The van der Waals surface area contributed by atoms with Gasteiger partial charge < -0.3 is 44.6 Å². The van der Waals surface area contributed by atoms with Gasteiger partial charge in [-0.3, -0.25) is 4.79 Å². The first-order valence-electron chi connectivity index (χ1n) is 24.0. The van der Waals surface area contributed by atoms with Crippen LogP contribution in [0.25, 0.3) is 22.3 Å². The third-order valence-corrected chi connectivity index (χ3v) is 14.9. The number of benzene rings is 3. The van der Waals surface area contributed by atoms with Gasteiger partial charge in [-0.15, -0.1) is 0 Å². The number of aldehydes is 2. The van der Waals surface area contributed by atoms with E-state index >= 15 is 0 Å². The molecule has 0 aliphatic carbocycles. The highest BCUT2D eigenvalue weighted by atomic mass is 16.5. The lowest BCUT2D eigenvalue weighted by atomic mass is 9.91. The molecule has 0 saturated carbocycles. The molecule has 65 heavy (non-hydrogen) atoms. The molecule has 1 amide bonds. The standard InChI is InChI=1S/C51H62N10O4/c52-49-47-48(39-8-11-45(12-9-39)65-44-6-2-1-3-7-44)55-61(50(47)54-35-53-49)41-18-24-58(25-19-41)29-37-14-20-56(21-15-37)28-36-16-22-57(23-17-36)30-38-31-59(32-38)42-10-13-46-40(27-42)33-60(51(46)64)43(34-63)5-4-26-62/h1-3,6-13,26-27,34-38,41,43H,4-5,14-25,28-33H2,(H2,52,53,54). The molecule has 0 bridgehead atoms. The highest BCUT2D eigenvalue weighted by Gasteiger charge is 2.36. The number of amides is 1. The highest BCUT2D eigenvalue weighted by Crippen LogP contribution is 2.37. The maximum absolute atomic E-state index is 13.0. The fourth-order valence-corrected chi connectivity index (χ4v) is 11.1. The van der Waals surface area contributed by atoms with Crippen LogP contribution in [0.1, 0.15) is 73.3 Å². The van der Waals surface area contributed by atoms with E-state index in [4.69, 9.17) is 20.6 Å². The summed E-state index contributed by atoms with van der Waals surface area (Å²) in [6.07, 6.45) is 11.0. The Kier molecular flexibility index (Phi) is 12.9. The summed E-state index contributed by atoms with van der Waals surface area (Å²) in [4.78, 5) is 56.7. The second kappa shape index (κ2) is 19.4. The van der Waals surface area contributed by atoms with Crippen LogP contribution in [0.5, 0.6) is 11.5 Å². The molecule has 14 heteroatoms. The van der Waals surface area contributed by atoms with Gasteiger partial charge >= 0.3 is 0 Å². The smallest absolute Gasteiger partial charge is 0.255 e. The molecule has 2 aromatic heterocycles. The molecule has 7 heterocycles. The van der Waals surface area contributed by atoms with Crippen molar-refractivity contribution < 1.29 is 19.1 Å². The van der Waals surface area contributed by atoms with Gasteiger partial charge in [-0.1, -0.05) is 18.2 Å². The number of hydrogen-bond donors (Lipinski definition) is 1. The quantitative estimate of drug-likeness (QED) is 0.107. The lowest BCUT2D eigenvalue weighted by Gasteiger charge is -2.45. The van der Waals surface area contributed by atoms with Crippen LogP contribution < -0.4 is 15.4 Å². The second-order valence-corrected chi connectivity index (χ2v) is 19.2. The Morgan fingerprint density at radius 2 is 1.37 bits per heavy atom. The van der Waals surface area contributed by atoms with Gasteiger partial charge in [0.25, 0.3) is 5.91 Å². The van der Waals surface area contributed by atoms with Crippen molar-refractivity contribution in [2.24, 2.45) is 17.8 Å². The zero-order valence-corrected chi connectivity index (χ0v) is 37.4. The van der Waals surface area contributed by atoms with E-state index in [1.807, 2.05) is 66.7 Å². The number of likely N-dealkylation sites (tertiary alicyclic amines) is 3. The number of nitrogen functional groups attached to an aromatic ring is 1. The van der Waals surface area contributed by atoms with Gasteiger partial charge in [-0.25, -0.2) is 14.6 Å². The van der Waals surface area contributed by atoms with Crippen molar-refractivity contribution in [3.05, 3.63) is 90.3 Å². The summed E-state index contributed by atoms with van der Waals surface area (Å²) >= 11 is 0. The molecular weight excluding hydrogens is 817 g/mol. The Balaban J connectivity index is 0.635. The third kappa shape index (κ3) is 9.52. The molecule has 4 fully saturated rings. The molecule has 1 unspecified atom stereocenters. The maximum atomic E-state index is 13.0. The molecule has 1 atom stereocenters. The molecule has 14 nitrogen and oxygen atoms in total. The second-order valence-electron chi connectivity index (χ2n) is 19.2. The molecule has 5 aliphatic rings. The normalized spacial score (nSPS) is 20.3. The van der Waals surface area contributed by atoms with E-state index in [-0.39, 0.29) is 18.4 Å². The van der Waals surface area contributed by atoms with E-state index < -0.39 is 6.04 Å². The predicted octanol–water partition coefficient (Wildman–Crippen LogP) is 6.57. The number of nitrogens with two attached hydrogens (primary N) is 1. The van der Waals surface area contributed by atoms with Crippen LogP contribution in [0.15, 0.2) is 79.1 Å². The third-order valence-electron chi connectivity index (χ3n) is 14.9. The zero-order chi connectivity index (χ0) is 44.3. The van der Waals surface area contributed by atoms with E-state index in [0.717, 1.165) is 115 Å². The van der Waals surface area contributed by atoms with E-state index in [1.54, 1.807) is 11.2 Å². The predicted molar refractivity (Wildman–Crippen MR) is 252 cm³/mol. The van der Waals surface area contributed by atoms with Crippen LogP contribution in [0.4, 0.5) is 11.5 Å². The molecule has 3 aromatic carbocycles. The van der Waals surface area contributed by atoms with Crippen molar-refractivity contribution in [1.82, 2.24) is 39.3 Å². The summed E-state index contributed by atoms with van der Waals surface area (Å²) in [5.41, 5.74) is 11.9. The highest BCUT2D eigenvalue weighted by molar-refractivity contribution is 6.00. The topological polar surface area (TPSA) is 146 Å². The monoisotopic (exact) mass is 878 g/mol. The first-order valence-corrected chi connectivity index (χ1v) is 24.0. The zero-order valence-electron chi connectivity index (χ0n) is 37.4. The number of fused-ring (bicyclic) bond motifs is 2. The van der Waals surface area contributed by atoms with Gasteiger partial charge in [-0.05, 0) is 143 Å². The van der Waals surface area contributed by atoms with Crippen molar-refractivity contribution in [1.29, 1.82) is 0 Å². The number of nitrogens with zero attached hydrogens (tertiary/aromatic N) is 9. The maximum Gasteiger partial charge on any atom is 0.255 e. The molecule has 5 aromatic rings. The van der Waals surface area contributed by atoms with Crippen LogP contribution in [0, 0.1) is 17.8 Å². The number of carbonyl (C=O) groups excluding carboxylic acids is 3. The van der Waals surface area contributed by atoms with Crippen molar-refractivity contribution in [2.75, 3.05) is 82.6 Å². The molecule has 2 N–H and O–H groups in total. The summed E-state index contributed by atoms with van der Waals surface area (Å²) < 4.78 is 8.15. The number of hydrogen-bond acceptors (Lipinski definition) is 12. The van der Waals surface area contributed by atoms with Gasteiger partial charge in [0.1, 0.15) is 41.9 Å². The number of para-hydroxylation sites is 1. The van der Waals surface area contributed by atoms with Gasteiger partial charge in [0.05, 0.1) is 17.5 Å². The lowest BCUT2D eigenvalue weighted by Crippen LogP contribution is -2.53. The number of rotatable bonds is 16. The summed E-state index contributed by atoms with van der Waals surface area (Å²) in [7, 11) is 0. The minimum Gasteiger partial charge on any atom is -0.457 e. The van der Waals surface area contributed by atoms with Crippen LogP contribution in [-0.4, -0.2) is 136 Å². The van der Waals surface area contributed by atoms with E-state index in [0.29, 0.717) is 30.3 Å². The summed E-state index contributed by atoms with van der Waals surface area (Å²) in [5.74, 6) is 4.12. The molecular formula is C51H62N10O4. The fourth-order valence-electron chi connectivity index (χ4n) is 11.1. The molecule has 0 spiro atoms. The molecule has 5 aliphatic heterocycles. The average molecular weight is 879 g/mol. The van der Waals surface area contributed by atoms with E-state index in [2.05, 4.69) is 35.3 Å². The van der Waals surface area contributed by atoms with E-state index in [1.165, 1.54) is 65.0 Å². The Labute approximate surface area is 381 Å². The largest absolute Gasteiger partial charge is 0.457 e. The molecule has 10 rings (SSSR count). The van der Waals surface area contributed by atoms with Crippen molar-refractivity contribution in [3.63, 3.8) is 0 Å². The summed E-state index contributed by atoms with van der Waals surface area (Å²) in [5, 5.41) is 5.97. The Bertz CT molecular complexity index is 2430. The SMILES string of the molecule is Nc1ncnc2c1c(-c1ccc(Oc3ccccc3)cc1)nn2C1CCN(CC2CCN(CC3CCN(CC4CN(c5ccc6c(c5)CN(C(C=O)CCC=O)C6=O)C4)CC3)CC2)CC1. The number of anilines is 2. The molecule has 0 radical (unpaired) electrons.